The van der Waals surface area contributed by atoms with Gasteiger partial charge in [-0.15, -0.1) is 0 Å². The number of nitrogen functional groups attached to an aromatic ring is 2. The van der Waals surface area contributed by atoms with Crippen LogP contribution in [-0.2, 0) is 0 Å². The molecule has 1 heterocycles. The van der Waals surface area contributed by atoms with Crippen LogP contribution >= 0.6 is 0 Å². The first-order valence-electron chi connectivity index (χ1n) is 3.31. The molecule has 0 aliphatic rings. The molecular formula is C7H9N5. The summed E-state index contributed by atoms with van der Waals surface area (Å²) in [6.45, 7) is 0.284. The minimum atomic E-state index is 0.193. The first kappa shape index (κ1) is 8.30. The Bertz CT molecular complexity index is 335. The summed E-state index contributed by atoms with van der Waals surface area (Å²) in [5.74, 6) is 5.73. The molecule has 0 fully saturated rings. The third-order valence-corrected chi connectivity index (χ3v) is 1.15. The molecule has 5 nitrogen and oxygen atoms in total. The molecule has 0 atom stereocenters. The largest absolute Gasteiger partial charge is 0.381 e. The van der Waals surface area contributed by atoms with Crippen molar-refractivity contribution in [3.8, 4) is 11.8 Å². The summed E-state index contributed by atoms with van der Waals surface area (Å²) in [6.07, 6.45) is 1.45. The van der Waals surface area contributed by atoms with E-state index in [1.165, 1.54) is 6.20 Å². The molecule has 12 heavy (non-hydrogen) atoms. The van der Waals surface area contributed by atoms with Gasteiger partial charge in [0.1, 0.15) is 5.69 Å². The third-order valence-electron chi connectivity index (χ3n) is 1.15. The molecule has 0 aromatic carbocycles. The van der Waals surface area contributed by atoms with Crippen LogP contribution < -0.4 is 17.2 Å². The van der Waals surface area contributed by atoms with Crippen LogP contribution in [0.2, 0.25) is 0 Å². The summed E-state index contributed by atoms with van der Waals surface area (Å²) >= 11 is 0. The topological polar surface area (TPSA) is 104 Å². The highest BCUT2D eigenvalue weighted by atomic mass is 15.0. The van der Waals surface area contributed by atoms with E-state index in [2.05, 4.69) is 21.8 Å². The molecule has 0 amide bonds. The van der Waals surface area contributed by atoms with Crippen molar-refractivity contribution in [2.75, 3.05) is 18.0 Å². The van der Waals surface area contributed by atoms with Gasteiger partial charge in [0, 0.05) is 0 Å². The van der Waals surface area contributed by atoms with Crippen molar-refractivity contribution in [2.24, 2.45) is 5.73 Å². The van der Waals surface area contributed by atoms with Crippen LogP contribution in [-0.4, -0.2) is 16.5 Å². The lowest BCUT2D eigenvalue weighted by molar-refractivity contribution is 1.19. The second-order valence-electron chi connectivity index (χ2n) is 2.03. The van der Waals surface area contributed by atoms with Crippen molar-refractivity contribution >= 4 is 11.6 Å². The number of rotatable bonds is 0. The summed E-state index contributed by atoms with van der Waals surface area (Å²) in [6, 6.07) is 0. The zero-order valence-corrected chi connectivity index (χ0v) is 6.41. The monoisotopic (exact) mass is 163 g/mol. The van der Waals surface area contributed by atoms with Gasteiger partial charge in [-0.2, -0.15) is 0 Å². The van der Waals surface area contributed by atoms with E-state index in [4.69, 9.17) is 17.2 Å². The van der Waals surface area contributed by atoms with E-state index >= 15 is 0 Å². The fourth-order valence-electron chi connectivity index (χ4n) is 0.615. The molecule has 1 rings (SSSR count). The Morgan fingerprint density at radius 2 is 2.08 bits per heavy atom. The molecular weight excluding hydrogens is 154 g/mol. The lowest BCUT2D eigenvalue weighted by Crippen LogP contribution is -2.02. The standard InChI is InChI=1S/C7H9N5/c8-3-1-2-5-4-11-6(9)7(10)12-5/h4H,3,8H2,(H2,9,11)(H2,10,12). The van der Waals surface area contributed by atoms with Crippen molar-refractivity contribution in [3.05, 3.63) is 11.9 Å². The van der Waals surface area contributed by atoms with E-state index in [-0.39, 0.29) is 18.2 Å². The van der Waals surface area contributed by atoms with Crippen LogP contribution in [0, 0.1) is 11.8 Å². The van der Waals surface area contributed by atoms with Crippen molar-refractivity contribution in [3.63, 3.8) is 0 Å². The van der Waals surface area contributed by atoms with Gasteiger partial charge in [0.25, 0.3) is 0 Å². The first-order chi connectivity index (χ1) is 5.74. The Hall–Kier alpha value is -1.80. The van der Waals surface area contributed by atoms with Crippen LogP contribution in [0.5, 0.6) is 0 Å². The van der Waals surface area contributed by atoms with Gasteiger partial charge < -0.3 is 17.2 Å². The van der Waals surface area contributed by atoms with E-state index in [0.717, 1.165) is 0 Å². The normalized spacial score (nSPS) is 8.75. The van der Waals surface area contributed by atoms with Crippen LogP contribution in [0.4, 0.5) is 11.6 Å². The molecule has 0 aliphatic carbocycles. The lowest BCUT2D eigenvalue weighted by atomic mass is 10.4. The SMILES string of the molecule is NCC#Cc1cnc(N)c(N)n1. The Kier molecular flexibility index (Phi) is 2.46. The lowest BCUT2D eigenvalue weighted by Gasteiger charge is -1.96. The molecule has 6 N–H and O–H groups in total. The second-order valence-corrected chi connectivity index (χ2v) is 2.03. The summed E-state index contributed by atoms with van der Waals surface area (Å²) in [7, 11) is 0. The van der Waals surface area contributed by atoms with Gasteiger partial charge in [0.15, 0.2) is 11.6 Å². The van der Waals surface area contributed by atoms with Crippen molar-refractivity contribution in [1.29, 1.82) is 0 Å². The predicted molar refractivity (Wildman–Crippen MR) is 46.8 cm³/mol. The van der Waals surface area contributed by atoms with Gasteiger partial charge in [0.2, 0.25) is 0 Å². The predicted octanol–water partition coefficient (Wildman–Crippen LogP) is -1.05. The van der Waals surface area contributed by atoms with E-state index in [9.17, 15) is 0 Å². The number of anilines is 2. The highest BCUT2D eigenvalue weighted by Gasteiger charge is 1.96. The van der Waals surface area contributed by atoms with Gasteiger partial charge in [-0.3, -0.25) is 0 Å². The zero-order valence-electron chi connectivity index (χ0n) is 6.41. The van der Waals surface area contributed by atoms with Gasteiger partial charge in [-0.1, -0.05) is 5.92 Å². The average Bonchev–Trinajstić information content (AvgIpc) is 2.07. The Balaban J connectivity index is 2.97. The Labute approximate surface area is 70.0 Å². The number of nitrogens with two attached hydrogens (primary N) is 3. The second kappa shape index (κ2) is 3.55. The molecule has 0 aliphatic heterocycles. The quantitative estimate of drug-likeness (QED) is 0.423. The van der Waals surface area contributed by atoms with Crippen LogP contribution in [0.3, 0.4) is 0 Å². The smallest absolute Gasteiger partial charge is 0.167 e. The summed E-state index contributed by atoms with van der Waals surface area (Å²) < 4.78 is 0. The number of aromatic nitrogens is 2. The summed E-state index contributed by atoms with van der Waals surface area (Å²) in [5, 5.41) is 0. The molecule has 0 unspecified atom stereocenters. The summed E-state index contributed by atoms with van der Waals surface area (Å²) in [5.41, 5.74) is 16.4. The van der Waals surface area contributed by atoms with Crippen molar-refractivity contribution in [1.82, 2.24) is 9.97 Å². The molecule has 62 valence electrons. The minimum Gasteiger partial charge on any atom is -0.381 e. The first-order valence-corrected chi connectivity index (χ1v) is 3.31. The maximum atomic E-state index is 5.39. The highest BCUT2D eigenvalue weighted by molar-refractivity contribution is 5.53. The number of hydrogen-bond donors (Lipinski definition) is 3. The molecule has 1 aromatic rings. The van der Waals surface area contributed by atoms with E-state index in [1.54, 1.807) is 0 Å². The third kappa shape index (κ3) is 1.84. The molecule has 0 spiro atoms. The van der Waals surface area contributed by atoms with Gasteiger partial charge in [0.05, 0.1) is 12.7 Å². The van der Waals surface area contributed by atoms with Gasteiger partial charge in [-0.05, 0) is 5.92 Å². The van der Waals surface area contributed by atoms with Gasteiger partial charge >= 0.3 is 0 Å². The highest BCUT2D eigenvalue weighted by Crippen LogP contribution is 2.05. The van der Waals surface area contributed by atoms with Crippen LogP contribution in [0.1, 0.15) is 5.69 Å². The Morgan fingerprint density at radius 3 is 2.67 bits per heavy atom. The Morgan fingerprint density at radius 1 is 1.33 bits per heavy atom. The number of hydrogen-bond acceptors (Lipinski definition) is 5. The molecule has 0 bridgehead atoms. The maximum Gasteiger partial charge on any atom is 0.167 e. The average molecular weight is 163 g/mol. The van der Waals surface area contributed by atoms with Crippen LogP contribution in [0.25, 0.3) is 0 Å². The minimum absolute atomic E-state index is 0.193. The number of nitrogens with zero attached hydrogens (tertiary/aromatic N) is 2. The van der Waals surface area contributed by atoms with E-state index in [1.807, 2.05) is 0 Å². The maximum absolute atomic E-state index is 5.39. The van der Waals surface area contributed by atoms with E-state index in [0.29, 0.717) is 5.69 Å². The fraction of sp³-hybridized carbons (Fsp3) is 0.143. The molecule has 1 aromatic heterocycles. The van der Waals surface area contributed by atoms with Crippen LogP contribution in [0.15, 0.2) is 6.20 Å². The van der Waals surface area contributed by atoms with Gasteiger partial charge in [-0.25, -0.2) is 9.97 Å². The molecule has 0 radical (unpaired) electrons. The molecule has 5 heteroatoms. The molecule has 0 saturated carbocycles. The van der Waals surface area contributed by atoms with E-state index < -0.39 is 0 Å². The summed E-state index contributed by atoms with van der Waals surface area (Å²) in [4.78, 5) is 7.65. The molecule has 0 saturated heterocycles. The zero-order chi connectivity index (χ0) is 8.97. The fourth-order valence-corrected chi connectivity index (χ4v) is 0.615. The van der Waals surface area contributed by atoms with Crippen molar-refractivity contribution in [2.45, 2.75) is 0 Å². The van der Waals surface area contributed by atoms with Crippen molar-refractivity contribution < 1.29 is 0 Å².